The number of benzene rings is 1. The van der Waals surface area contributed by atoms with Crippen molar-refractivity contribution in [2.45, 2.75) is 32.7 Å². The standard InChI is InChI=1S/C18H26N4O3S/c1-15(2)16-7-4-5-8-17(16)22(26(3,24)25)13-18(23)20-9-6-11-21-12-10-19-14-21/h4-5,7-8,10,12,14-15H,6,9,11,13H2,1-3H3,(H,20,23). The number of para-hydroxylation sites is 1. The predicted molar refractivity (Wildman–Crippen MR) is 103 cm³/mol. The Morgan fingerprint density at radius 1 is 1.31 bits per heavy atom. The van der Waals surface area contributed by atoms with Crippen LogP contribution >= 0.6 is 0 Å². The summed E-state index contributed by atoms with van der Waals surface area (Å²) in [5.74, 6) is -0.173. The van der Waals surface area contributed by atoms with E-state index in [0.29, 0.717) is 12.2 Å². The molecular formula is C18H26N4O3S. The maximum Gasteiger partial charge on any atom is 0.240 e. The lowest BCUT2D eigenvalue weighted by Crippen LogP contribution is -2.41. The molecule has 0 bridgehead atoms. The van der Waals surface area contributed by atoms with Gasteiger partial charge >= 0.3 is 0 Å². The van der Waals surface area contributed by atoms with Crippen LogP contribution in [0.4, 0.5) is 5.69 Å². The van der Waals surface area contributed by atoms with E-state index in [4.69, 9.17) is 0 Å². The van der Waals surface area contributed by atoms with Gasteiger partial charge in [0.2, 0.25) is 15.9 Å². The summed E-state index contributed by atoms with van der Waals surface area (Å²) >= 11 is 0. The first-order valence-electron chi connectivity index (χ1n) is 8.58. The maximum absolute atomic E-state index is 12.3. The average molecular weight is 378 g/mol. The minimum atomic E-state index is -3.57. The summed E-state index contributed by atoms with van der Waals surface area (Å²) < 4.78 is 27.6. The predicted octanol–water partition coefficient (Wildman–Crippen LogP) is 1.98. The van der Waals surface area contributed by atoms with Crippen molar-refractivity contribution in [2.24, 2.45) is 0 Å². The van der Waals surface area contributed by atoms with Crippen LogP contribution in [0.25, 0.3) is 0 Å². The van der Waals surface area contributed by atoms with Crippen LogP contribution in [0.1, 0.15) is 31.7 Å². The van der Waals surface area contributed by atoms with Gasteiger partial charge in [-0.05, 0) is 24.0 Å². The van der Waals surface area contributed by atoms with Crippen LogP contribution < -0.4 is 9.62 Å². The zero-order valence-electron chi connectivity index (χ0n) is 15.4. The van der Waals surface area contributed by atoms with E-state index in [-0.39, 0.29) is 18.4 Å². The van der Waals surface area contributed by atoms with Crippen LogP contribution in [-0.2, 0) is 21.4 Å². The number of nitrogens with one attached hydrogen (secondary N) is 1. The van der Waals surface area contributed by atoms with Crippen LogP contribution in [0, 0.1) is 0 Å². The molecule has 26 heavy (non-hydrogen) atoms. The van der Waals surface area contributed by atoms with E-state index in [9.17, 15) is 13.2 Å². The van der Waals surface area contributed by atoms with Gasteiger partial charge in [-0.3, -0.25) is 9.10 Å². The Morgan fingerprint density at radius 2 is 2.04 bits per heavy atom. The van der Waals surface area contributed by atoms with Crippen LogP contribution in [0.15, 0.2) is 43.0 Å². The van der Waals surface area contributed by atoms with Gasteiger partial charge in [-0.2, -0.15) is 0 Å². The highest BCUT2D eigenvalue weighted by molar-refractivity contribution is 7.92. The van der Waals surface area contributed by atoms with Gasteiger partial charge in [-0.1, -0.05) is 32.0 Å². The van der Waals surface area contributed by atoms with Gasteiger partial charge in [0.1, 0.15) is 6.54 Å². The van der Waals surface area contributed by atoms with Crippen molar-refractivity contribution in [3.8, 4) is 0 Å². The Balaban J connectivity index is 2.01. The zero-order valence-corrected chi connectivity index (χ0v) is 16.2. The number of anilines is 1. The normalized spacial score (nSPS) is 11.5. The van der Waals surface area contributed by atoms with Crippen LogP contribution in [0.2, 0.25) is 0 Å². The fourth-order valence-corrected chi connectivity index (χ4v) is 3.55. The number of nitrogens with zero attached hydrogens (tertiary/aromatic N) is 3. The Hall–Kier alpha value is -2.35. The van der Waals surface area contributed by atoms with Crippen molar-refractivity contribution in [3.05, 3.63) is 48.5 Å². The van der Waals surface area contributed by atoms with Gasteiger partial charge in [-0.25, -0.2) is 13.4 Å². The average Bonchev–Trinajstić information content (AvgIpc) is 3.09. The van der Waals surface area contributed by atoms with Crippen molar-refractivity contribution in [1.82, 2.24) is 14.9 Å². The summed E-state index contributed by atoms with van der Waals surface area (Å²) in [5.41, 5.74) is 1.45. The van der Waals surface area contributed by atoms with E-state index in [1.54, 1.807) is 24.7 Å². The molecular weight excluding hydrogens is 352 g/mol. The molecule has 1 N–H and O–H groups in total. The van der Waals surface area contributed by atoms with Crippen molar-refractivity contribution >= 4 is 21.6 Å². The first kappa shape index (κ1) is 20.0. The van der Waals surface area contributed by atoms with Gasteiger partial charge < -0.3 is 9.88 Å². The molecule has 0 aliphatic rings. The largest absolute Gasteiger partial charge is 0.354 e. The second-order valence-electron chi connectivity index (χ2n) is 6.49. The van der Waals surface area contributed by atoms with Crippen LogP contribution in [0.5, 0.6) is 0 Å². The molecule has 0 aliphatic carbocycles. The summed E-state index contributed by atoms with van der Waals surface area (Å²) in [6.45, 7) is 4.98. The summed E-state index contributed by atoms with van der Waals surface area (Å²) in [6, 6.07) is 7.28. The summed E-state index contributed by atoms with van der Waals surface area (Å²) in [7, 11) is -3.57. The second-order valence-corrected chi connectivity index (χ2v) is 8.39. The number of aromatic nitrogens is 2. The van der Waals surface area contributed by atoms with Gasteiger partial charge in [0, 0.05) is 25.5 Å². The Morgan fingerprint density at radius 3 is 2.65 bits per heavy atom. The molecule has 2 rings (SSSR count). The van der Waals surface area contributed by atoms with E-state index in [1.807, 2.05) is 36.7 Å². The highest BCUT2D eigenvalue weighted by Gasteiger charge is 2.23. The molecule has 0 aliphatic heterocycles. The second kappa shape index (κ2) is 8.84. The maximum atomic E-state index is 12.3. The molecule has 0 saturated carbocycles. The molecule has 0 radical (unpaired) electrons. The minimum absolute atomic E-state index is 0.147. The topological polar surface area (TPSA) is 84.3 Å². The third kappa shape index (κ3) is 5.59. The van der Waals surface area contributed by atoms with Crippen molar-refractivity contribution in [3.63, 3.8) is 0 Å². The number of rotatable bonds is 9. The van der Waals surface area contributed by atoms with E-state index < -0.39 is 10.0 Å². The highest BCUT2D eigenvalue weighted by Crippen LogP contribution is 2.28. The quantitative estimate of drug-likeness (QED) is 0.676. The van der Waals surface area contributed by atoms with Gasteiger partial charge in [0.05, 0.1) is 18.3 Å². The molecule has 1 amide bonds. The third-order valence-corrected chi connectivity index (χ3v) is 5.12. The SMILES string of the molecule is CC(C)c1ccccc1N(CC(=O)NCCCn1ccnc1)S(C)(=O)=O. The smallest absolute Gasteiger partial charge is 0.240 e. The Labute approximate surface area is 155 Å². The van der Waals surface area contributed by atoms with Gasteiger partial charge in [0.25, 0.3) is 0 Å². The number of carbonyl (C=O) groups is 1. The third-order valence-electron chi connectivity index (χ3n) is 3.99. The summed E-state index contributed by atoms with van der Waals surface area (Å²) in [5, 5.41) is 2.79. The van der Waals surface area contributed by atoms with Gasteiger partial charge in [0.15, 0.2) is 0 Å². The number of imidazole rings is 1. The molecule has 1 heterocycles. The van der Waals surface area contributed by atoms with Crippen LogP contribution in [0.3, 0.4) is 0 Å². The molecule has 1 aromatic carbocycles. The van der Waals surface area contributed by atoms with E-state index >= 15 is 0 Å². The zero-order chi connectivity index (χ0) is 19.2. The lowest BCUT2D eigenvalue weighted by molar-refractivity contribution is -0.119. The summed E-state index contributed by atoms with van der Waals surface area (Å²) in [4.78, 5) is 16.2. The molecule has 0 spiro atoms. The number of carbonyl (C=O) groups excluding carboxylic acids is 1. The lowest BCUT2D eigenvalue weighted by atomic mass is 10.0. The van der Waals surface area contributed by atoms with E-state index in [1.165, 1.54) is 4.31 Å². The molecule has 142 valence electrons. The highest BCUT2D eigenvalue weighted by atomic mass is 32.2. The number of hydrogen-bond donors (Lipinski definition) is 1. The van der Waals surface area contributed by atoms with Crippen molar-refractivity contribution < 1.29 is 13.2 Å². The Kier molecular flexibility index (Phi) is 6.79. The first-order chi connectivity index (χ1) is 12.3. The molecule has 0 saturated heterocycles. The van der Waals surface area contributed by atoms with E-state index in [0.717, 1.165) is 24.8 Å². The molecule has 0 fully saturated rings. The fraction of sp³-hybridized carbons (Fsp3) is 0.444. The lowest BCUT2D eigenvalue weighted by Gasteiger charge is -2.25. The number of hydrogen-bond acceptors (Lipinski definition) is 4. The first-order valence-corrected chi connectivity index (χ1v) is 10.4. The molecule has 2 aromatic rings. The number of aryl methyl sites for hydroxylation is 1. The number of amides is 1. The fourth-order valence-electron chi connectivity index (χ4n) is 2.68. The molecule has 8 heteroatoms. The van der Waals surface area contributed by atoms with Crippen LogP contribution in [-0.4, -0.2) is 43.2 Å². The van der Waals surface area contributed by atoms with Crippen molar-refractivity contribution in [2.75, 3.05) is 23.7 Å². The molecule has 1 aromatic heterocycles. The van der Waals surface area contributed by atoms with E-state index in [2.05, 4.69) is 10.3 Å². The number of sulfonamides is 1. The summed E-state index contributed by atoms with van der Waals surface area (Å²) in [6.07, 6.45) is 7.14. The molecule has 0 unspecified atom stereocenters. The molecule has 7 nitrogen and oxygen atoms in total. The van der Waals surface area contributed by atoms with Crippen molar-refractivity contribution in [1.29, 1.82) is 0 Å². The molecule has 0 atom stereocenters. The van der Waals surface area contributed by atoms with Gasteiger partial charge in [-0.15, -0.1) is 0 Å². The Bertz CT molecular complexity index is 817. The monoisotopic (exact) mass is 378 g/mol. The minimum Gasteiger partial charge on any atom is -0.354 e.